The zero-order chi connectivity index (χ0) is 14.3. The molecule has 1 aromatic carbocycles. The van der Waals surface area contributed by atoms with E-state index in [9.17, 15) is 4.79 Å². The van der Waals surface area contributed by atoms with Crippen LogP contribution in [0.5, 0.6) is 5.75 Å². The summed E-state index contributed by atoms with van der Waals surface area (Å²) in [6.07, 6.45) is 0. The van der Waals surface area contributed by atoms with Crippen molar-refractivity contribution in [1.82, 2.24) is 9.97 Å². The third-order valence-corrected chi connectivity index (χ3v) is 3.52. The van der Waals surface area contributed by atoms with Crippen LogP contribution in [0.15, 0.2) is 29.0 Å². The fraction of sp³-hybridized carbons (Fsp3) is 0.214. The Kier molecular flexibility index (Phi) is 3.17. The van der Waals surface area contributed by atoms with Crippen LogP contribution in [0.25, 0.3) is 11.3 Å². The van der Waals surface area contributed by atoms with E-state index in [-0.39, 0.29) is 12.5 Å². The quantitative estimate of drug-likeness (QED) is 0.752. The molecule has 1 amide bonds. The van der Waals surface area contributed by atoms with Gasteiger partial charge in [0.2, 0.25) is 0 Å². The third kappa shape index (κ3) is 2.27. The molecule has 1 aliphatic rings. The van der Waals surface area contributed by atoms with Crippen LogP contribution in [0.4, 0.5) is 5.69 Å². The fourth-order valence-corrected chi connectivity index (χ4v) is 2.58. The van der Waals surface area contributed by atoms with Gasteiger partial charge in [0.15, 0.2) is 11.3 Å². The first-order valence-electron chi connectivity index (χ1n) is 6.09. The van der Waals surface area contributed by atoms with Gasteiger partial charge in [-0.15, -0.1) is 0 Å². The van der Waals surface area contributed by atoms with Crippen molar-refractivity contribution >= 4 is 27.5 Å². The molecule has 0 fully saturated rings. The molecule has 0 aliphatic carbocycles. The van der Waals surface area contributed by atoms with Crippen molar-refractivity contribution in [2.45, 2.75) is 6.92 Å². The van der Waals surface area contributed by atoms with Gasteiger partial charge in [-0.05, 0) is 47.1 Å². The van der Waals surface area contributed by atoms with E-state index in [4.69, 9.17) is 4.74 Å². The van der Waals surface area contributed by atoms with E-state index in [1.165, 1.54) is 0 Å². The summed E-state index contributed by atoms with van der Waals surface area (Å²) in [5.41, 5.74) is 3.35. The number of anilines is 1. The monoisotopic (exact) mass is 333 g/mol. The second-order valence-electron chi connectivity index (χ2n) is 4.59. The van der Waals surface area contributed by atoms with Gasteiger partial charge in [-0.2, -0.15) is 0 Å². The van der Waals surface area contributed by atoms with E-state index in [0.29, 0.717) is 10.5 Å². The summed E-state index contributed by atoms with van der Waals surface area (Å²) < 4.78 is 5.96. The van der Waals surface area contributed by atoms with E-state index in [1.54, 1.807) is 11.9 Å². The smallest absolute Gasteiger partial charge is 0.264 e. The van der Waals surface area contributed by atoms with Gasteiger partial charge in [0.25, 0.3) is 5.91 Å². The Bertz CT molecular complexity index is 683. The van der Waals surface area contributed by atoms with Crippen LogP contribution in [0.1, 0.15) is 5.69 Å². The summed E-state index contributed by atoms with van der Waals surface area (Å²) in [5.74, 6) is 0.649. The van der Waals surface area contributed by atoms with Crippen LogP contribution in [0.2, 0.25) is 0 Å². The fourth-order valence-electron chi connectivity index (χ4n) is 2.11. The minimum absolute atomic E-state index is 0.0605. The van der Waals surface area contributed by atoms with Crippen molar-refractivity contribution in [3.05, 3.63) is 34.7 Å². The lowest BCUT2D eigenvalue weighted by atomic mass is 10.1. The summed E-state index contributed by atoms with van der Waals surface area (Å²) in [5, 5.41) is 0. The lowest BCUT2D eigenvalue weighted by molar-refractivity contribution is -0.120. The van der Waals surface area contributed by atoms with Gasteiger partial charge in [-0.1, -0.05) is 0 Å². The van der Waals surface area contributed by atoms with E-state index in [2.05, 4.69) is 25.9 Å². The predicted octanol–water partition coefficient (Wildman–Crippen LogP) is 2.57. The maximum Gasteiger partial charge on any atom is 0.264 e. The molecule has 0 atom stereocenters. The molecular weight excluding hydrogens is 322 g/mol. The highest BCUT2D eigenvalue weighted by atomic mass is 79.9. The van der Waals surface area contributed by atoms with Crippen LogP contribution in [-0.4, -0.2) is 29.5 Å². The van der Waals surface area contributed by atoms with Gasteiger partial charge in [-0.25, -0.2) is 9.97 Å². The number of rotatable bonds is 1. The van der Waals surface area contributed by atoms with Crippen LogP contribution < -0.4 is 9.64 Å². The van der Waals surface area contributed by atoms with Gasteiger partial charge < -0.3 is 9.64 Å². The molecule has 0 spiro atoms. The molecule has 1 aromatic heterocycles. The first-order chi connectivity index (χ1) is 9.54. The largest absolute Gasteiger partial charge is 0.482 e. The number of aromatic nitrogens is 2. The maximum atomic E-state index is 11.7. The Morgan fingerprint density at radius 2 is 2.10 bits per heavy atom. The molecule has 20 heavy (non-hydrogen) atoms. The number of likely N-dealkylation sites (N-methyl/N-ethyl adjacent to an activating group) is 1. The van der Waals surface area contributed by atoms with Crippen LogP contribution in [0, 0.1) is 6.92 Å². The topological polar surface area (TPSA) is 55.3 Å². The first-order valence-corrected chi connectivity index (χ1v) is 6.89. The van der Waals surface area contributed by atoms with Crippen LogP contribution in [0.3, 0.4) is 0 Å². The van der Waals surface area contributed by atoms with Gasteiger partial charge in [0.1, 0.15) is 5.75 Å². The SMILES string of the molecule is Cc1cc(-c2ccc3c(c2)N(C)C(=O)CO3)nc(Br)n1. The number of aryl methyl sites for hydroxylation is 1. The van der Waals surface area contributed by atoms with Crippen LogP contribution in [-0.2, 0) is 4.79 Å². The molecule has 0 N–H and O–H groups in total. The molecule has 0 radical (unpaired) electrons. The molecule has 0 saturated carbocycles. The molecule has 2 aromatic rings. The average molecular weight is 334 g/mol. The Hall–Kier alpha value is -1.95. The van der Waals surface area contributed by atoms with Crippen molar-refractivity contribution in [3.8, 4) is 17.0 Å². The number of halogens is 1. The Morgan fingerprint density at radius 1 is 1.30 bits per heavy atom. The molecule has 102 valence electrons. The number of nitrogens with zero attached hydrogens (tertiary/aromatic N) is 3. The van der Waals surface area contributed by atoms with E-state index in [1.807, 2.05) is 31.2 Å². The van der Waals surface area contributed by atoms with Crippen molar-refractivity contribution in [2.75, 3.05) is 18.6 Å². The number of benzene rings is 1. The lowest BCUT2D eigenvalue weighted by Crippen LogP contribution is -2.35. The van der Waals surface area contributed by atoms with Gasteiger partial charge >= 0.3 is 0 Å². The number of hydrogen-bond acceptors (Lipinski definition) is 4. The summed E-state index contributed by atoms with van der Waals surface area (Å²) in [6.45, 7) is 1.99. The molecule has 5 nitrogen and oxygen atoms in total. The van der Waals surface area contributed by atoms with Gasteiger partial charge in [0.05, 0.1) is 11.4 Å². The van der Waals surface area contributed by atoms with Crippen molar-refractivity contribution in [3.63, 3.8) is 0 Å². The maximum absolute atomic E-state index is 11.7. The zero-order valence-corrected chi connectivity index (χ0v) is 12.6. The second kappa shape index (κ2) is 4.86. The Balaban J connectivity index is 2.10. The Labute approximate surface area is 124 Å². The molecule has 0 saturated heterocycles. The number of fused-ring (bicyclic) bond motifs is 1. The van der Waals surface area contributed by atoms with E-state index < -0.39 is 0 Å². The number of carbonyl (C=O) groups excluding carboxylic acids is 1. The normalized spacial score (nSPS) is 13.9. The highest BCUT2D eigenvalue weighted by Crippen LogP contribution is 2.35. The number of hydrogen-bond donors (Lipinski definition) is 0. The predicted molar refractivity (Wildman–Crippen MR) is 78.8 cm³/mol. The van der Waals surface area contributed by atoms with E-state index >= 15 is 0 Å². The standard InChI is InChI=1S/C14H12BrN3O2/c1-8-5-10(17-14(15)16-8)9-3-4-12-11(6-9)18(2)13(19)7-20-12/h3-6H,7H2,1-2H3. The number of ether oxygens (including phenoxy) is 1. The molecular formula is C14H12BrN3O2. The first kappa shape index (κ1) is 13.1. The summed E-state index contributed by atoms with van der Waals surface area (Å²) in [7, 11) is 1.74. The van der Waals surface area contributed by atoms with E-state index in [0.717, 1.165) is 22.6 Å². The highest BCUT2D eigenvalue weighted by Gasteiger charge is 2.22. The van der Waals surface area contributed by atoms with Crippen molar-refractivity contribution in [2.24, 2.45) is 0 Å². The van der Waals surface area contributed by atoms with Gasteiger partial charge in [0, 0.05) is 18.3 Å². The van der Waals surface area contributed by atoms with Crippen molar-refractivity contribution < 1.29 is 9.53 Å². The van der Waals surface area contributed by atoms with Crippen molar-refractivity contribution in [1.29, 1.82) is 0 Å². The summed E-state index contributed by atoms with van der Waals surface area (Å²) >= 11 is 3.30. The second-order valence-corrected chi connectivity index (χ2v) is 5.30. The summed E-state index contributed by atoms with van der Waals surface area (Å²) in [4.78, 5) is 21.8. The molecule has 0 unspecified atom stereocenters. The molecule has 1 aliphatic heterocycles. The zero-order valence-electron chi connectivity index (χ0n) is 11.1. The molecule has 3 rings (SSSR count). The highest BCUT2D eigenvalue weighted by molar-refractivity contribution is 9.10. The number of carbonyl (C=O) groups is 1. The van der Waals surface area contributed by atoms with Crippen LogP contribution >= 0.6 is 15.9 Å². The molecule has 2 heterocycles. The molecule has 6 heteroatoms. The minimum Gasteiger partial charge on any atom is -0.482 e. The van der Waals surface area contributed by atoms with Gasteiger partial charge in [-0.3, -0.25) is 4.79 Å². The molecule has 0 bridgehead atoms. The Morgan fingerprint density at radius 3 is 2.85 bits per heavy atom. The third-order valence-electron chi connectivity index (χ3n) is 3.17. The average Bonchev–Trinajstić information content (AvgIpc) is 2.42. The summed E-state index contributed by atoms with van der Waals surface area (Å²) in [6, 6.07) is 7.59. The minimum atomic E-state index is -0.0605. The lowest BCUT2D eigenvalue weighted by Gasteiger charge is -2.26. The number of amides is 1.